The smallest absolute Gasteiger partial charge is 0.339 e. The molecule has 200 valence electrons. The number of halogens is 3. The standard InChI is InChI=1S/C29H29F3N2O4/c1-33-17-22-18-34(27(35)14-20-13-25(31)26(32)16-24(20)30)12-11-29(22,21-9-6-10-23(15-21)37-2)38-28(36)19-7-4-3-5-8-19/h3-10,13,15-16,22,33H,11-12,14,17-18H2,1-2H3. The van der Waals surface area contributed by atoms with E-state index in [0.717, 1.165) is 5.56 Å². The number of hydrogen-bond donors (Lipinski definition) is 1. The van der Waals surface area contributed by atoms with Crippen LogP contribution in [0.4, 0.5) is 13.2 Å². The van der Waals surface area contributed by atoms with E-state index < -0.39 is 41.4 Å². The fraction of sp³-hybridized carbons (Fsp3) is 0.310. The quantitative estimate of drug-likeness (QED) is 0.347. The fourth-order valence-electron chi connectivity index (χ4n) is 4.94. The molecule has 3 aromatic carbocycles. The Hall–Kier alpha value is -3.85. The van der Waals surface area contributed by atoms with Gasteiger partial charge in [0.2, 0.25) is 5.91 Å². The lowest BCUT2D eigenvalue weighted by atomic mass is 9.75. The van der Waals surface area contributed by atoms with E-state index in [1.807, 2.05) is 18.2 Å². The number of carbonyl (C=O) groups excluding carboxylic acids is 2. The van der Waals surface area contributed by atoms with E-state index in [1.165, 1.54) is 4.90 Å². The first-order valence-electron chi connectivity index (χ1n) is 12.3. The van der Waals surface area contributed by atoms with E-state index in [1.54, 1.807) is 50.6 Å². The average Bonchev–Trinajstić information content (AvgIpc) is 2.93. The summed E-state index contributed by atoms with van der Waals surface area (Å²) in [6, 6.07) is 17.1. The Bertz CT molecular complexity index is 1300. The van der Waals surface area contributed by atoms with Crippen molar-refractivity contribution in [2.75, 3.05) is 33.8 Å². The molecule has 1 fully saturated rings. The third-order valence-corrected chi connectivity index (χ3v) is 6.93. The van der Waals surface area contributed by atoms with Crippen LogP contribution >= 0.6 is 0 Å². The number of methoxy groups -OCH3 is 1. The molecule has 1 amide bonds. The maximum atomic E-state index is 14.2. The Morgan fingerprint density at radius 2 is 1.74 bits per heavy atom. The van der Waals surface area contributed by atoms with Gasteiger partial charge in [0.25, 0.3) is 0 Å². The van der Waals surface area contributed by atoms with Gasteiger partial charge < -0.3 is 19.7 Å². The van der Waals surface area contributed by atoms with Crippen molar-refractivity contribution in [3.05, 3.63) is 101 Å². The van der Waals surface area contributed by atoms with Crippen LogP contribution in [0.15, 0.2) is 66.7 Å². The number of ether oxygens (including phenoxy) is 2. The number of esters is 1. The minimum Gasteiger partial charge on any atom is -0.497 e. The summed E-state index contributed by atoms with van der Waals surface area (Å²) in [6.45, 7) is 0.774. The highest BCUT2D eigenvalue weighted by Crippen LogP contribution is 2.43. The second-order valence-corrected chi connectivity index (χ2v) is 9.26. The summed E-state index contributed by atoms with van der Waals surface area (Å²) >= 11 is 0. The summed E-state index contributed by atoms with van der Waals surface area (Å²) < 4.78 is 53.0. The van der Waals surface area contributed by atoms with Crippen LogP contribution in [0, 0.1) is 23.4 Å². The molecular weight excluding hydrogens is 497 g/mol. The molecule has 1 aliphatic rings. The maximum Gasteiger partial charge on any atom is 0.339 e. The number of hydrogen-bond acceptors (Lipinski definition) is 5. The monoisotopic (exact) mass is 526 g/mol. The molecule has 0 bridgehead atoms. The van der Waals surface area contributed by atoms with Crippen LogP contribution in [0.1, 0.15) is 27.9 Å². The fourth-order valence-corrected chi connectivity index (χ4v) is 4.94. The zero-order valence-electron chi connectivity index (χ0n) is 21.2. The van der Waals surface area contributed by atoms with Crippen LogP contribution in [-0.4, -0.2) is 50.6 Å². The molecule has 3 aromatic rings. The molecule has 0 spiro atoms. The molecule has 1 saturated heterocycles. The van der Waals surface area contributed by atoms with Gasteiger partial charge in [0.15, 0.2) is 11.6 Å². The Kier molecular flexibility index (Phi) is 8.36. The van der Waals surface area contributed by atoms with Gasteiger partial charge in [0.05, 0.1) is 19.1 Å². The molecule has 2 atom stereocenters. The van der Waals surface area contributed by atoms with Crippen LogP contribution in [0.5, 0.6) is 5.75 Å². The van der Waals surface area contributed by atoms with Gasteiger partial charge >= 0.3 is 5.97 Å². The number of carbonyl (C=O) groups is 2. The SMILES string of the molecule is CNCC1CN(C(=O)Cc2cc(F)c(F)cc2F)CCC1(OC(=O)c1ccccc1)c1cccc(OC)c1. The molecule has 0 aromatic heterocycles. The van der Waals surface area contributed by atoms with Crippen molar-refractivity contribution in [2.45, 2.75) is 18.4 Å². The topological polar surface area (TPSA) is 67.9 Å². The van der Waals surface area contributed by atoms with Crippen molar-refractivity contribution in [1.82, 2.24) is 10.2 Å². The highest BCUT2D eigenvalue weighted by Gasteiger charge is 2.48. The molecule has 0 aliphatic carbocycles. The Balaban J connectivity index is 1.66. The number of nitrogens with one attached hydrogen (secondary N) is 1. The van der Waals surface area contributed by atoms with Gasteiger partial charge in [-0.2, -0.15) is 0 Å². The number of nitrogens with zero attached hydrogens (tertiary/aromatic N) is 1. The highest BCUT2D eigenvalue weighted by molar-refractivity contribution is 5.89. The first kappa shape index (κ1) is 27.2. The minimum absolute atomic E-state index is 0.185. The van der Waals surface area contributed by atoms with Gasteiger partial charge in [-0.05, 0) is 42.9 Å². The lowest BCUT2D eigenvalue weighted by Gasteiger charge is -2.47. The molecule has 0 saturated carbocycles. The van der Waals surface area contributed by atoms with Crippen LogP contribution in [0.3, 0.4) is 0 Å². The van der Waals surface area contributed by atoms with Gasteiger partial charge in [0, 0.05) is 43.6 Å². The molecule has 1 N–H and O–H groups in total. The maximum absolute atomic E-state index is 14.2. The molecule has 0 radical (unpaired) electrons. The number of amides is 1. The third-order valence-electron chi connectivity index (χ3n) is 6.93. The van der Waals surface area contributed by atoms with Gasteiger partial charge in [-0.25, -0.2) is 18.0 Å². The van der Waals surface area contributed by atoms with Crippen LogP contribution in [0.25, 0.3) is 0 Å². The average molecular weight is 527 g/mol. The molecule has 2 unspecified atom stereocenters. The van der Waals surface area contributed by atoms with Gasteiger partial charge in [-0.3, -0.25) is 4.79 Å². The molecule has 1 heterocycles. The van der Waals surface area contributed by atoms with Crippen LogP contribution in [-0.2, 0) is 21.6 Å². The number of piperidine rings is 1. The lowest BCUT2D eigenvalue weighted by Crippen LogP contribution is -2.56. The summed E-state index contributed by atoms with van der Waals surface area (Å²) in [6.07, 6.45) is -0.164. The van der Waals surface area contributed by atoms with Crippen LogP contribution in [0.2, 0.25) is 0 Å². The van der Waals surface area contributed by atoms with E-state index in [2.05, 4.69) is 5.32 Å². The summed E-state index contributed by atoms with van der Waals surface area (Å²) in [7, 11) is 3.30. The normalized spacial score (nSPS) is 19.2. The first-order valence-corrected chi connectivity index (χ1v) is 12.3. The Morgan fingerprint density at radius 3 is 2.45 bits per heavy atom. The van der Waals surface area contributed by atoms with E-state index in [4.69, 9.17) is 9.47 Å². The first-order chi connectivity index (χ1) is 18.3. The van der Waals surface area contributed by atoms with E-state index in [0.29, 0.717) is 30.0 Å². The van der Waals surface area contributed by atoms with E-state index in [9.17, 15) is 22.8 Å². The summed E-state index contributed by atoms with van der Waals surface area (Å²) in [5, 5.41) is 3.12. The minimum atomic E-state index is -1.31. The second-order valence-electron chi connectivity index (χ2n) is 9.26. The molecule has 4 rings (SSSR count). The predicted molar refractivity (Wildman–Crippen MR) is 135 cm³/mol. The summed E-state index contributed by atoms with van der Waals surface area (Å²) in [5.41, 5.74) is -0.210. The van der Waals surface area contributed by atoms with Crippen LogP contribution < -0.4 is 10.1 Å². The van der Waals surface area contributed by atoms with Gasteiger partial charge in [-0.1, -0.05) is 30.3 Å². The molecule has 6 nitrogen and oxygen atoms in total. The largest absolute Gasteiger partial charge is 0.497 e. The third kappa shape index (κ3) is 5.67. The lowest BCUT2D eigenvalue weighted by molar-refractivity contribution is -0.141. The molecular formula is C29H29F3N2O4. The van der Waals surface area contributed by atoms with Gasteiger partial charge in [-0.15, -0.1) is 0 Å². The second kappa shape index (κ2) is 11.7. The number of rotatable bonds is 8. The van der Waals surface area contributed by atoms with Crippen molar-refractivity contribution in [3.8, 4) is 5.75 Å². The van der Waals surface area contributed by atoms with E-state index in [-0.39, 0.29) is 31.0 Å². The van der Waals surface area contributed by atoms with E-state index >= 15 is 0 Å². The van der Waals surface area contributed by atoms with Crippen molar-refractivity contribution in [2.24, 2.45) is 5.92 Å². The summed E-state index contributed by atoms with van der Waals surface area (Å²) in [4.78, 5) is 28.0. The number of benzene rings is 3. The molecule has 38 heavy (non-hydrogen) atoms. The Morgan fingerprint density at radius 1 is 1.00 bits per heavy atom. The zero-order chi connectivity index (χ0) is 27.3. The zero-order valence-corrected chi connectivity index (χ0v) is 21.2. The predicted octanol–water partition coefficient (Wildman–Crippen LogP) is 4.48. The summed E-state index contributed by atoms with van der Waals surface area (Å²) in [5.74, 6) is -4.25. The molecule has 1 aliphatic heterocycles. The highest BCUT2D eigenvalue weighted by atomic mass is 19.2. The van der Waals surface area contributed by atoms with Crippen molar-refractivity contribution >= 4 is 11.9 Å². The number of likely N-dealkylation sites (tertiary alicyclic amines) is 1. The molecule has 9 heteroatoms. The van der Waals surface area contributed by atoms with Crippen molar-refractivity contribution in [3.63, 3.8) is 0 Å². The van der Waals surface area contributed by atoms with Gasteiger partial charge in [0.1, 0.15) is 17.2 Å². The van der Waals surface area contributed by atoms with Crippen molar-refractivity contribution < 1.29 is 32.2 Å². The Labute approximate surface area is 219 Å². The van der Waals surface area contributed by atoms with Crippen molar-refractivity contribution in [1.29, 1.82) is 0 Å².